The predicted octanol–water partition coefficient (Wildman–Crippen LogP) is 4.43. The largest absolute Gasteiger partial charge is 0.494 e. The van der Waals surface area contributed by atoms with Gasteiger partial charge in [0.05, 0.1) is 24.1 Å². The highest BCUT2D eigenvalue weighted by Gasteiger charge is 2.34. The van der Waals surface area contributed by atoms with Crippen LogP contribution in [-0.2, 0) is 14.8 Å². The van der Waals surface area contributed by atoms with E-state index in [1.165, 1.54) is 28.6 Å². The lowest BCUT2D eigenvalue weighted by Crippen LogP contribution is -2.47. The monoisotopic (exact) mass is 462 g/mol. The first-order valence-corrected chi connectivity index (χ1v) is 12.5. The highest BCUT2D eigenvalue weighted by atomic mass is 32.2. The molecule has 1 atom stereocenters. The van der Waals surface area contributed by atoms with Crippen molar-refractivity contribution in [2.75, 3.05) is 13.2 Å². The van der Waals surface area contributed by atoms with Crippen LogP contribution in [0.25, 0.3) is 0 Å². The second kappa shape index (κ2) is 10.9. The van der Waals surface area contributed by atoms with Crippen molar-refractivity contribution in [2.24, 2.45) is 0 Å². The van der Waals surface area contributed by atoms with E-state index in [4.69, 9.17) is 4.74 Å². The minimum absolute atomic E-state index is 0.144. The maximum atomic E-state index is 13.5. The topological polar surface area (TPSA) is 75.7 Å². The number of sulfonamides is 1. The van der Waals surface area contributed by atoms with Crippen LogP contribution >= 0.6 is 0 Å². The molecule has 32 heavy (non-hydrogen) atoms. The molecule has 0 spiro atoms. The Morgan fingerprint density at radius 2 is 1.72 bits per heavy atom. The zero-order valence-electron chi connectivity index (χ0n) is 18.6. The number of halogens is 1. The van der Waals surface area contributed by atoms with Gasteiger partial charge in [0.2, 0.25) is 15.9 Å². The van der Waals surface area contributed by atoms with Crippen LogP contribution in [0.5, 0.6) is 5.75 Å². The Balaban J connectivity index is 1.78. The molecule has 0 aliphatic heterocycles. The predicted molar refractivity (Wildman–Crippen MR) is 121 cm³/mol. The molecule has 1 fully saturated rings. The number of benzene rings is 2. The summed E-state index contributed by atoms with van der Waals surface area (Å²) in [7, 11) is -3.87. The molecule has 1 N–H and O–H groups in total. The van der Waals surface area contributed by atoms with Crippen molar-refractivity contribution in [1.29, 1.82) is 0 Å². The zero-order chi connectivity index (χ0) is 23.1. The molecule has 0 bridgehead atoms. The van der Waals surface area contributed by atoms with Crippen molar-refractivity contribution in [2.45, 2.75) is 62.9 Å². The molecule has 1 amide bonds. The van der Waals surface area contributed by atoms with Crippen molar-refractivity contribution >= 4 is 15.9 Å². The average Bonchev–Trinajstić information content (AvgIpc) is 2.79. The third-order valence-electron chi connectivity index (χ3n) is 5.77. The number of ether oxygens (including phenoxy) is 1. The highest BCUT2D eigenvalue weighted by molar-refractivity contribution is 7.89. The van der Waals surface area contributed by atoms with E-state index in [9.17, 15) is 17.6 Å². The van der Waals surface area contributed by atoms with Crippen LogP contribution in [-0.4, -0.2) is 37.8 Å². The molecule has 0 saturated heterocycles. The second-order valence-electron chi connectivity index (χ2n) is 8.09. The van der Waals surface area contributed by atoms with Crippen molar-refractivity contribution in [3.05, 3.63) is 59.9 Å². The fourth-order valence-electron chi connectivity index (χ4n) is 4.05. The summed E-state index contributed by atoms with van der Waals surface area (Å²) in [6.45, 7) is 3.89. The van der Waals surface area contributed by atoms with Crippen LogP contribution in [0.2, 0.25) is 0 Å². The Morgan fingerprint density at radius 3 is 2.31 bits per heavy atom. The summed E-state index contributed by atoms with van der Waals surface area (Å²) >= 11 is 0. The third kappa shape index (κ3) is 6.07. The van der Waals surface area contributed by atoms with Gasteiger partial charge in [0.25, 0.3) is 0 Å². The first kappa shape index (κ1) is 24.2. The maximum Gasteiger partial charge on any atom is 0.243 e. The Morgan fingerprint density at radius 1 is 1.09 bits per heavy atom. The summed E-state index contributed by atoms with van der Waals surface area (Å²) in [5.74, 6) is -0.138. The second-order valence-corrected chi connectivity index (χ2v) is 9.98. The van der Waals surface area contributed by atoms with Crippen LogP contribution in [0.3, 0.4) is 0 Å². The minimum atomic E-state index is -3.87. The van der Waals surface area contributed by atoms with Gasteiger partial charge in [-0.25, -0.2) is 12.8 Å². The van der Waals surface area contributed by atoms with E-state index in [2.05, 4.69) is 5.32 Å². The highest BCUT2D eigenvalue weighted by Crippen LogP contribution is 2.28. The molecule has 174 valence electrons. The van der Waals surface area contributed by atoms with E-state index in [-0.39, 0.29) is 35.2 Å². The summed E-state index contributed by atoms with van der Waals surface area (Å²) in [4.78, 5) is 13.0. The van der Waals surface area contributed by atoms with Gasteiger partial charge in [0.1, 0.15) is 11.6 Å². The molecule has 3 rings (SSSR count). The van der Waals surface area contributed by atoms with Gasteiger partial charge in [-0.2, -0.15) is 4.31 Å². The molecule has 1 aliphatic carbocycles. The van der Waals surface area contributed by atoms with Gasteiger partial charge in [-0.3, -0.25) is 4.79 Å². The Bertz CT molecular complexity index is 988. The molecule has 0 radical (unpaired) electrons. The Hall–Kier alpha value is -2.45. The Kier molecular flexibility index (Phi) is 8.26. The quantitative estimate of drug-likeness (QED) is 0.598. The van der Waals surface area contributed by atoms with Gasteiger partial charge < -0.3 is 10.1 Å². The van der Waals surface area contributed by atoms with Crippen molar-refractivity contribution in [3.8, 4) is 5.75 Å². The van der Waals surface area contributed by atoms with E-state index in [0.29, 0.717) is 12.4 Å². The minimum Gasteiger partial charge on any atom is -0.494 e. The smallest absolute Gasteiger partial charge is 0.243 e. The van der Waals surface area contributed by atoms with Gasteiger partial charge >= 0.3 is 0 Å². The molecular formula is C24H31FN2O4S. The van der Waals surface area contributed by atoms with E-state index in [0.717, 1.165) is 37.7 Å². The van der Waals surface area contributed by atoms with Gasteiger partial charge in [-0.05, 0) is 68.7 Å². The number of amides is 1. The summed E-state index contributed by atoms with van der Waals surface area (Å²) in [6.07, 6.45) is 4.41. The van der Waals surface area contributed by atoms with Crippen LogP contribution < -0.4 is 10.1 Å². The van der Waals surface area contributed by atoms with Crippen molar-refractivity contribution in [3.63, 3.8) is 0 Å². The molecule has 0 heterocycles. The van der Waals surface area contributed by atoms with Gasteiger partial charge in [-0.1, -0.05) is 31.4 Å². The van der Waals surface area contributed by atoms with Gasteiger partial charge in [0.15, 0.2) is 0 Å². The molecule has 0 unspecified atom stereocenters. The molecule has 2 aromatic carbocycles. The number of nitrogens with one attached hydrogen (secondary N) is 1. The van der Waals surface area contributed by atoms with E-state index < -0.39 is 10.0 Å². The van der Waals surface area contributed by atoms with Crippen LogP contribution in [0, 0.1) is 5.82 Å². The van der Waals surface area contributed by atoms with Crippen LogP contribution in [0.1, 0.15) is 57.6 Å². The number of hydrogen-bond acceptors (Lipinski definition) is 4. The molecule has 8 heteroatoms. The van der Waals surface area contributed by atoms with Crippen molar-refractivity contribution in [1.82, 2.24) is 9.62 Å². The first-order chi connectivity index (χ1) is 15.3. The summed E-state index contributed by atoms with van der Waals surface area (Å²) in [6, 6.07) is 11.6. The van der Waals surface area contributed by atoms with Crippen LogP contribution in [0.15, 0.2) is 53.4 Å². The first-order valence-electron chi connectivity index (χ1n) is 11.1. The van der Waals surface area contributed by atoms with Crippen molar-refractivity contribution < 1.29 is 22.3 Å². The molecule has 6 nitrogen and oxygen atoms in total. The number of carbonyl (C=O) groups excluding carboxylic acids is 1. The number of carbonyl (C=O) groups is 1. The van der Waals surface area contributed by atoms with Gasteiger partial charge in [0, 0.05) is 6.04 Å². The number of hydrogen-bond donors (Lipinski definition) is 1. The summed E-state index contributed by atoms with van der Waals surface area (Å²) < 4.78 is 46.9. The summed E-state index contributed by atoms with van der Waals surface area (Å²) in [5.41, 5.74) is 0.748. The average molecular weight is 463 g/mol. The van der Waals surface area contributed by atoms with E-state index in [1.54, 1.807) is 31.2 Å². The fraction of sp³-hybridized carbons (Fsp3) is 0.458. The molecule has 1 aliphatic rings. The number of rotatable bonds is 9. The Labute approximate surface area is 189 Å². The van der Waals surface area contributed by atoms with E-state index >= 15 is 0 Å². The molecule has 1 saturated carbocycles. The van der Waals surface area contributed by atoms with Gasteiger partial charge in [-0.15, -0.1) is 0 Å². The summed E-state index contributed by atoms with van der Waals surface area (Å²) in [5, 5.41) is 2.85. The third-order valence-corrected chi connectivity index (χ3v) is 7.68. The SMILES string of the molecule is CCOc1ccc(S(=O)(=O)N(CC(=O)N[C@@H](C)c2ccc(F)cc2)C2CCCCC2)cc1. The lowest BCUT2D eigenvalue weighted by atomic mass is 9.95. The lowest BCUT2D eigenvalue weighted by molar-refractivity contribution is -0.122. The van der Waals surface area contributed by atoms with E-state index in [1.807, 2.05) is 6.92 Å². The van der Waals surface area contributed by atoms with Crippen LogP contribution in [0.4, 0.5) is 4.39 Å². The zero-order valence-corrected chi connectivity index (χ0v) is 19.4. The maximum absolute atomic E-state index is 13.5. The molecular weight excluding hydrogens is 431 g/mol. The lowest BCUT2D eigenvalue weighted by Gasteiger charge is -2.33. The fourth-order valence-corrected chi connectivity index (χ4v) is 5.69. The standard InChI is InChI=1S/C24H31FN2O4S/c1-3-31-22-13-15-23(16-14-22)32(29,30)27(21-7-5-4-6-8-21)17-24(28)26-18(2)19-9-11-20(25)12-10-19/h9-16,18,21H,3-8,17H2,1-2H3,(H,26,28)/t18-/m0/s1. The molecule has 2 aromatic rings. The normalized spacial score (nSPS) is 16.0. The number of nitrogens with zero attached hydrogens (tertiary/aromatic N) is 1. The molecule has 0 aromatic heterocycles.